The molecule has 2 N–H and O–H groups in total. The Morgan fingerprint density at radius 1 is 1.33 bits per heavy atom. The quantitative estimate of drug-likeness (QED) is 0.812. The lowest BCUT2D eigenvalue weighted by Crippen LogP contribution is -2.37. The lowest BCUT2D eigenvalue weighted by Gasteiger charge is -2.16. The van der Waals surface area contributed by atoms with Gasteiger partial charge in [-0.2, -0.15) is 0 Å². The van der Waals surface area contributed by atoms with Gasteiger partial charge in [-0.1, -0.05) is 19.1 Å². The number of amides is 2. The largest absolute Gasteiger partial charge is 0.371 e. The fraction of sp³-hybridized carbons (Fsp3) is 0.368. The van der Waals surface area contributed by atoms with Gasteiger partial charge in [-0.05, 0) is 18.6 Å². The van der Waals surface area contributed by atoms with Crippen molar-refractivity contribution in [3.63, 3.8) is 0 Å². The molecule has 1 aliphatic heterocycles. The Kier molecular flexibility index (Phi) is 5.63. The van der Waals surface area contributed by atoms with Crippen molar-refractivity contribution in [1.29, 1.82) is 0 Å². The SMILES string of the molecule is CCCN1C[C@@H](NC(=O)c2ccc(-c3ncc(F)c(NC)n3)cc2)CC1=O. The van der Waals surface area contributed by atoms with Crippen molar-refractivity contribution < 1.29 is 14.0 Å². The number of aromatic nitrogens is 2. The van der Waals surface area contributed by atoms with Crippen LogP contribution in [0.2, 0.25) is 0 Å². The molecule has 0 spiro atoms. The number of carbonyl (C=O) groups excluding carboxylic acids is 2. The average Bonchev–Trinajstić information content (AvgIpc) is 3.01. The molecule has 0 bridgehead atoms. The van der Waals surface area contributed by atoms with E-state index in [-0.39, 0.29) is 23.7 Å². The zero-order chi connectivity index (χ0) is 19.4. The van der Waals surface area contributed by atoms with Crippen LogP contribution in [-0.4, -0.2) is 52.9 Å². The van der Waals surface area contributed by atoms with Crippen LogP contribution in [0.1, 0.15) is 30.1 Å². The Balaban J connectivity index is 1.67. The Morgan fingerprint density at radius 2 is 2.07 bits per heavy atom. The molecule has 1 fully saturated rings. The summed E-state index contributed by atoms with van der Waals surface area (Å²) in [7, 11) is 1.58. The topological polar surface area (TPSA) is 87.2 Å². The number of anilines is 1. The predicted octanol–water partition coefficient (Wildman–Crippen LogP) is 2.07. The predicted molar refractivity (Wildman–Crippen MR) is 99.7 cm³/mol. The number of benzene rings is 1. The van der Waals surface area contributed by atoms with E-state index in [1.165, 1.54) is 0 Å². The van der Waals surface area contributed by atoms with Gasteiger partial charge in [0.1, 0.15) is 0 Å². The molecule has 2 amide bonds. The number of likely N-dealkylation sites (tertiary alicyclic amines) is 1. The summed E-state index contributed by atoms with van der Waals surface area (Å²) >= 11 is 0. The molecule has 1 aromatic carbocycles. The molecule has 0 radical (unpaired) electrons. The van der Waals surface area contributed by atoms with E-state index in [0.29, 0.717) is 36.5 Å². The van der Waals surface area contributed by atoms with Gasteiger partial charge in [0.05, 0.1) is 12.2 Å². The number of nitrogens with zero attached hydrogens (tertiary/aromatic N) is 3. The smallest absolute Gasteiger partial charge is 0.251 e. The lowest BCUT2D eigenvalue weighted by molar-refractivity contribution is -0.127. The van der Waals surface area contributed by atoms with E-state index < -0.39 is 5.82 Å². The second kappa shape index (κ2) is 8.11. The van der Waals surface area contributed by atoms with Crippen LogP contribution < -0.4 is 10.6 Å². The molecule has 2 aromatic rings. The number of rotatable bonds is 6. The first-order valence-electron chi connectivity index (χ1n) is 8.91. The summed E-state index contributed by atoms with van der Waals surface area (Å²) < 4.78 is 13.5. The van der Waals surface area contributed by atoms with E-state index in [0.717, 1.165) is 12.6 Å². The highest BCUT2D eigenvalue weighted by Gasteiger charge is 2.30. The summed E-state index contributed by atoms with van der Waals surface area (Å²) in [5, 5.41) is 5.58. The molecule has 1 aromatic heterocycles. The third-order valence-electron chi connectivity index (χ3n) is 4.43. The van der Waals surface area contributed by atoms with Crippen molar-refractivity contribution in [2.75, 3.05) is 25.5 Å². The normalized spacial score (nSPS) is 16.5. The molecule has 142 valence electrons. The van der Waals surface area contributed by atoms with Gasteiger partial charge in [0.25, 0.3) is 5.91 Å². The summed E-state index contributed by atoms with van der Waals surface area (Å²) in [6.07, 6.45) is 2.34. The van der Waals surface area contributed by atoms with Crippen LogP contribution in [0.3, 0.4) is 0 Å². The molecule has 1 atom stereocenters. The number of hydrogen-bond donors (Lipinski definition) is 2. The zero-order valence-electron chi connectivity index (χ0n) is 15.3. The van der Waals surface area contributed by atoms with Crippen LogP contribution in [0.5, 0.6) is 0 Å². The molecule has 0 saturated carbocycles. The highest BCUT2D eigenvalue weighted by molar-refractivity contribution is 5.95. The van der Waals surface area contributed by atoms with Crippen molar-refractivity contribution in [2.24, 2.45) is 0 Å². The second-order valence-electron chi connectivity index (χ2n) is 6.43. The zero-order valence-corrected chi connectivity index (χ0v) is 15.3. The fourth-order valence-electron chi connectivity index (χ4n) is 3.08. The Labute approximate surface area is 157 Å². The van der Waals surface area contributed by atoms with Crippen molar-refractivity contribution in [2.45, 2.75) is 25.8 Å². The van der Waals surface area contributed by atoms with Crippen LogP contribution in [0.25, 0.3) is 11.4 Å². The van der Waals surface area contributed by atoms with E-state index in [2.05, 4.69) is 20.6 Å². The van der Waals surface area contributed by atoms with Crippen LogP contribution in [-0.2, 0) is 4.79 Å². The minimum atomic E-state index is -0.527. The van der Waals surface area contributed by atoms with E-state index in [1.54, 1.807) is 36.2 Å². The number of nitrogens with one attached hydrogen (secondary N) is 2. The van der Waals surface area contributed by atoms with Gasteiger partial charge < -0.3 is 15.5 Å². The van der Waals surface area contributed by atoms with Gasteiger partial charge >= 0.3 is 0 Å². The van der Waals surface area contributed by atoms with E-state index >= 15 is 0 Å². The van der Waals surface area contributed by atoms with Gasteiger partial charge in [0.15, 0.2) is 17.5 Å². The molecular formula is C19H22FN5O2. The van der Waals surface area contributed by atoms with Crippen molar-refractivity contribution in [1.82, 2.24) is 20.2 Å². The Hall–Kier alpha value is -3.03. The maximum absolute atomic E-state index is 13.5. The minimum absolute atomic E-state index is 0.0753. The summed E-state index contributed by atoms with van der Waals surface area (Å²) in [6.45, 7) is 3.28. The van der Waals surface area contributed by atoms with E-state index in [4.69, 9.17) is 0 Å². The first-order valence-corrected chi connectivity index (χ1v) is 8.91. The number of halogens is 1. The molecule has 1 aliphatic rings. The molecule has 7 nitrogen and oxygen atoms in total. The Morgan fingerprint density at radius 3 is 2.74 bits per heavy atom. The average molecular weight is 371 g/mol. The third kappa shape index (κ3) is 4.21. The van der Waals surface area contributed by atoms with Crippen molar-refractivity contribution in [3.05, 3.63) is 41.8 Å². The van der Waals surface area contributed by atoms with E-state index in [1.807, 2.05) is 6.92 Å². The van der Waals surface area contributed by atoms with Gasteiger partial charge in [-0.25, -0.2) is 14.4 Å². The highest BCUT2D eigenvalue weighted by atomic mass is 19.1. The second-order valence-corrected chi connectivity index (χ2v) is 6.43. The molecule has 2 heterocycles. The molecule has 8 heteroatoms. The molecule has 3 rings (SSSR count). The summed E-state index contributed by atoms with van der Waals surface area (Å²) in [5.41, 5.74) is 1.16. The summed E-state index contributed by atoms with van der Waals surface area (Å²) in [4.78, 5) is 34.2. The molecule has 27 heavy (non-hydrogen) atoms. The maximum Gasteiger partial charge on any atom is 0.251 e. The third-order valence-corrected chi connectivity index (χ3v) is 4.43. The van der Waals surface area contributed by atoms with Crippen molar-refractivity contribution in [3.8, 4) is 11.4 Å². The maximum atomic E-state index is 13.5. The molecule has 1 saturated heterocycles. The molecular weight excluding hydrogens is 349 g/mol. The van der Waals surface area contributed by atoms with Crippen molar-refractivity contribution >= 4 is 17.6 Å². The first kappa shape index (κ1) is 18.8. The summed E-state index contributed by atoms with van der Waals surface area (Å²) in [6, 6.07) is 6.58. The monoisotopic (exact) mass is 371 g/mol. The highest BCUT2D eigenvalue weighted by Crippen LogP contribution is 2.19. The van der Waals surface area contributed by atoms with Gasteiger partial charge in [-0.15, -0.1) is 0 Å². The first-order chi connectivity index (χ1) is 13.0. The van der Waals surface area contributed by atoms with Gasteiger partial charge in [-0.3, -0.25) is 9.59 Å². The number of carbonyl (C=O) groups is 2. The van der Waals surface area contributed by atoms with Crippen LogP contribution in [0, 0.1) is 5.82 Å². The summed E-state index contributed by atoms with van der Waals surface area (Å²) in [5.74, 6) is -0.200. The van der Waals surface area contributed by atoms with E-state index in [9.17, 15) is 14.0 Å². The molecule has 0 unspecified atom stereocenters. The lowest BCUT2D eigenvalue weighted by atomic mass is 10.1. The minimum Gasteiger partial charge on any atom is -0.371 e. The molecule has 0 aliphatic carbocycles. The van der Waals surface area contributed by atoms with Crippen LogP contribution in [0.15, 0.2) is 30.5 Å². The van der Waals surface area contributed by atoms with Gasteiger partial charge in [0, 0.05) is 37.7 Å². The van der Waals surface area contributed by atoms with Crippen LogP contribution >= 0.6 is 0 Å². The Bertz CT molecular complexity index is 840. The van der Waals surface area contributed by atoms with Crippen LogP contribution in [0.4, 0.5) is 10.2 Å². The fourth-order valence-corrected chi connectivity index (χ4v) is 3.08. The standard InChI is InChI=1S/C19H22FN5O2/c1-3-8-25-11-14(9-16(25)26)23-19(27)13-6-4-12(5-7-13)17-22-10-15(20)18(21-2)24-17/h4-7,10,14H,3,8-9,11H2,1-2H3,(H,23,27)(H,21,22,24)/t14-/m0/s1. The van der Waals surface area contributed by atoms with Gasteiger partial charge in [0.2, 0.25) is 5.91 Å². The number of hydrogen-bond acceptors (Lipinski definition) is 5.